The van der Waals surface area contributed by atoms with Gasteiger partial charge in [-0.15, -0.1) is 0 Å². The molecule has 0 bridgehead atoms. The van der Waals surface area contributed by atoms with Crippen LogP contribution in [-0.4, -0.2) is 4.98 Å². The lowest BCUT2D eigenvalue weighted by Crippen LogP contribution is -1.91. The van der Waals surface area contributed by atoms with Crippen molar-refractivity contribution < 1.29 is 0 Å². The van der Waals surface area contributed by atoms with Gasteiger partial charge in [-0.1, -0.05) is 6.92 Å². The summed E-state index contributed by atoms with van der Waals surface area (Å²) in [4.78, 5) is 4.11. The molecule has 1 rings (SSSR count). The van der Waals surface area contributed by atoms with E-state index in [9.17, 15) is 0 Å². The van der Waals surface area contributed by atoms with Crippen LogP contribution in [-0.2, 0) is 6.42 Å². The molecule has 0 aliphatic heterocycles. The normalized spacial score (nSPS) is 9.18. The molecule has 0 spiro atoms. The highest BCUT2D eigenvalue weighted by Crippen LogP contribution is 2.07. The van der Waals surface area contributed by atoms with Crippen molar-refractivity contribution >= 4 is 0 Å². The fourth-order valence-electron chi connectivity index (χ4n) is 0.974. The van der Waals surface area contributed by atoms with E-state index in [1.807, 2.05) is 19.9 Å². The third-order valence-electron chi connectivity index (χ3n) is 1.62. The molecule has 0 saturated carbocycles. The van der Waals surface area contributed by atoms with Crippen LogP contribution in [0.25, 0.3) is 0 Å². The average molecular weight is 146 g/mol. The van der Waals surface area contributed by atoms with Gasteiger partial charge in [0.15, 0.2) is 0 Å². The van der Waals surface area contributed by atoms with Gasteiger partial charge in [-0.3, -0.25) is 4.98 Å². The number of aryl methyl sites for hydroxylation is 2. The van der Waals surface area contributed by atoms with E-state index in [0.717, 1.165) is 23.2 Å². The molecule has 1 aromatic rings. The van der Waals surface area contributed by atoms with Gasteiger partial charge < -0.3 is 0 Å². The minimum Gasteiger partial charge on any atom is -0.261 e. The number of pyridine rings is 1. The Kier molecular flexibility index (Phi) is 2.22. The second kappa shape index (κ2) is 3.16. The minimum atomic E-state index is 0.750. The third kappa shape index (κ3) is 1.56. The smallest absolute Gasteiger partial charge is 0.0995 e. The maximum atomic E-state index is 8.70. The molecule has 0 N–H and O–H groups in total. The first-order valence-corrected chi connectivity index (χ1v) is 3.63. The van der Waals surface area contributed by atoms with Crippen molar-refractivity contribution in [3.05, 3.63) is 29.1 Å². The fraction of sp³-hybridized carbons (Fsp3) is 0.333. The summed E-state index contributed by atoms with van der Waals surface area (Å²) in [6.45, 7) is 3.91. The van der Waals surface area contributed by atoms with Crippen LogP contribution in [0.3, 0.4) is 0 Å². The first kappa shape index (κ1) is 7.74. The topological polar surface area (TPSA) is 36.7 Å². The summed E-state index contributed by atoms with van der Waals surface area (Å²) in [5, 5.41) is 8.70. The van der Waals surface area contributed by atoms with E-state index >= 15 is 0 Å². The highest BCUT2D eigenvalue weighted by molar-refractivity contribution is 5.36. The number of rotatable bonds is 1. The lowest BCUT2D eigenvalue weighted by molar-refractivity contribution is 1.07. The molecule has 0 aliphatic carbocycles. The van der Waals surface area contributed by atoms with E-state index in [1.165, 1.54) is 0 Å². The predicted octanol–water partition coefficient (Wildman–Crippen LogP) is 1.82. The molecule has 2 nitrogen and oxygen atoms in total. The Morgan fingerprint density at radius 1 is 1.64 bits per heavy atom. The van der Waals surface area contributed by atoms with Crippen LogP contribution in [0.15, 0.2) is 12.3 Å². The van der Waals surface area contributed by atoms with E-state index in [-0.39, 0.29) is 0 Å². The molecule has 0 aliphatic rings. The number of aromatic nitrogens is 1. The van der Waals surface area contributed by atoms with Gasteiger partial charge in [0, 0.05) is 11.9 Å². The van der Waals surface area contributed by atoms with Crippen LogP contribution < -0.4 is 0 Å². The summed E-state index contributed by atoms with van der Waals surface area (Å²) < 4.78 is 0. The molecule has 1 aromatic heterocycles. The maximum Gasteiger partial charge on any atom is 0.0995 e. The van der Waals surface area contributed by atoms with Gasteiger partial charge in [0.1, 0.15) is 0 Å². The maximum absolute atomic E-state index is 8.70. The number of nitrogens with zero attached hydrogens (tertiary/aromatic N) is 2. The third-order valence-corrected chi connectivity index (χ3v) is 1.62. The predicted molar refractivity (Wildman–Crippen MR) is 43.1 cm³/mol. The summed E-state index contributed by atoms with van der Waals surface area (Å²) in [6, 6.07) is 3.97. The van der Waals surface area contributed by atoms with Crippen LogP contribution in [0, 0.1) is 18.3 Å². The Morgan fingerprint density at radius 3 is 2.91 bits per heavy atom. The van der Waals surface area contributed by atoms with Gasteiger partial charge in [-0.25, -0.2) is 0 Å². The van der Waals surface area contributed by atoms with Crippen molar-refractivity contribution in [1.82, 2.24) is 4.98 Å². The van der Waals surface area contributed by atoms with Gasteiger partial charge in [-0.05, 0) is 25.0 Å². The standard InChI is InChI=1S/C9H10N2/c1-3-8-6-11-7(2)4-9(8)5-10/h4,6H,3H2,1-2H3. The Labute approximate surface area is 66.5 Å². The molecule has 0 saturated heterocycles. The molecule has 1 heterocycles. The molecule has 11 heavy (non-hydrogen) atoms. The summed E-state index contributed by atoms with van der Waals surface area (Å²) >= 11 is 0. The van der Waals surface area contributed by atoms with Crippen molar-refractivity contribution in [3.8, 4) is 6.07 Å². The largest absolute Gasteiger partial charge is 0.261 e. The summed E-state index contributed by atoms with van der Waals surface area (Å²) in [7, 11) is 0. The van der Waals surface area contributed by atoms with Crippen LogP contribution >= 0.6 is 0 Å². The highest BCUT2D eigenvalue weighted by atomic mass is 14.7. The Bertz CT molecular complexity index is 297. The second-order valence-electron chi connectivity index (χ2n) is 2.45. The number of hydrogen-bond acceptors (Lipinski definition) is 2. The lowest BCUT2D eigenvalue weighted by Gasteiger charge is -1.99. The molecule has 0 unspecified atom stereocenters. The van der Waals surface area contributed by atoms with Gasteiger partial charge in [-0.2, -0.15) is 5.26 Å². The summed E-state index contributed by atoms with van der Waals surface area (Å²) in [5.41, 5.74) is 2.68. The SMILES string of the molecule is CCc1cnc(C)cc1C#N. The molecule has 0 amide bonds. The van der Waals surface area contributed by atoms with E-state index in [4.69, 9.17) is 5.26 Å². The quantitative estimate of drug-likeness (QED) is 0.606. The Hall–Kier alpha value is -1.36. The average Bonchev–Trinajstić information content (AvgIpc) is 2.04. The summed E-state index contributed by atoms with van der Waals surface area (Å²) in [5.74, 6) is 0. The van der Waals surface area contributed by atoms with Crippen molar-refractivity contribution in [2.75, 3.05) is 0 Å². The van der Waals surface area contributed by atoms with Crippen LogP contribution in [0.5, 0.6) is 0 Å². The van der Waals surface area contributed by atoms with Gasteiger partial charge >= 0.3 is 0 Å². The second-order valence-corrected chi connectivity index (χ2v) is 2.45. The summed E-state index contributed by atoms with van der Waals surface area (Å²) in [6.07, 6.45) is 2.64. The molecule has 0 aromatic carbocycles. The number of hydrogen-bond donors (Lipinski definition) is 0. The molecular weight excluding hydrogens is 136 g/mol. The van der Waals surface area contributed by atoms with Gasteiger partial charge in [0.05, 0.1) is 11.6 Å². The first-order chi connectivity index (χ1) is 5.27. The van der Waals surface area contributed by atoms with Crippen LogP contribution in [0.4, 0.5) is 0 Å². The minimum absolute atomic E-state index is 0.750. The van der Waals surface area contributed by atoms with Crippen LogP contribution in [0.1, 0.15) is 23.7 Å². The van der Waals surface area contributed by atoms with E-state index in [2.05, 4.69) is 11.1 Å². The zero-order valence-electron chi connectivity index (χ0n) is 6.76. The van der Waals surface area contributed by atoms with Crippen molar-refractivity contribution in [1.29, 1.82) is 5.26 Å². The van der Waals surface area contributed by atoms with E-state index < -0.39 is 0 Å². The zero-order chi connectivity index (χ0) is 8.27. The van der Waals surface area contributed by atoms with Crippen molar-refractivity contribution in [2.24, 2.45) is 0 Å². The molecule has 0 fully saturated rings. The fourth-order valence-corrected chi connectivity index (χ4v) is 0.974. The molecule has 2 heteroatoms. The van der Waals surface area contributed by atoms with Gasteiger partial charge in [0.25, 0.3) is 0 Å². The Balaban J connectivity index is 3.19. The lowest BCUT2D eigenvalue weighted by atomic mass is 10.1. The monoisotopic (exact) mass is 146 g/mol. The van der Waals surface area contributed by atoms with E-state index in [1.54, 1.807) is 6.20 Å². The van der Waals surface area contributed by atoms with Crippen LogP contribution in [0.2, 0.25) is 0 Å². The van der Waals surface area contributed by atoms with Gasteiger partial charge in [0.2, 0.25) is 0 Å². The molecular formula is C9H10N2. The van der Waals surface area contributed by atoms with Crippen molar-refractivity contribution in [2.45, 2.75) is 20.3 Å². The zero-order valence-corrected chi connectivity index (χ0v) is 6.76. The first-order valence-electron chi connectivity index (χ1n) is 3.63. The number of nitriles is 1. The highest BCUT2D eigenvalue weighted by Gasteiger charge is 1.99. The van der Waals surface area contributed by atoms with E-state index in [0.29, 0.717) is 0 Å². The van der Waals surface area contributed by atoms with Crippen molar-refractivity contribution in [3.63, 3.8) is 0 Å². The molecule has 0 atom stereocenters. The molecule has 0 radical (unpaired) electrons. The molecule has 56 valence electrons. The Morgan fingerprint density at radius 2 is 2.36 bits per heavy atom.